The van der Waals surface area contributed by atoms with Gasteiger partial charge in [0, 0.05) is 12.2 Å². The summed E-state index contributed by atoms with van der Waals surface area (Å²) in [6, 6.07) is 12.5. The number of hydrogen-bond acceptors (Lipinski definition) is 6. The van der Waals surface area contributed by atoms with Gasteiger partial charge in [0.1, 0.15) is 11.6 Å². The van der Waals surface area contributed by atoms with E-state index in [2.05, 4.69) is 5.32 Å². The number of ether oxygens (including phenoxy) is 2. The first-order chi connectivity index (χ1) is 15.5. The number of hydrogen-bond donors (Lipinski definition) is 2. The van der Waals surface area contributed by atoms with Crippen molar-refractivity contribution in [1.29, 1.82) is 0 Å². The van der Waals surface area contributed by atoms with Gasteiger partial charge in [-0.1, -0.05) is 30.3 Å². The van der Waals surface area contributed by atoms with Gasteiger partial charge >= 0.3 is 5.97 Å². The number of nitrogens with zero attached hydrogens (tertiary/aromatic N) is 1. The Balaban J connectivity index is 1.48. The van der Waals surface area contributed by atoms with Crippen molar-refractivity contribution in [2.75, 3.05) is 25.1 Å². The number of amides is 2. The molecule has 3 saturated heterocycles. The molecule has 2 unspecified atom stereocenters. The Morgan fingerprint density at radius 2 is 2.03 bits per heavy atom. The van der Waals surface area contributed by atoms with Crippen molar-refractivity contribution >= 4 is 34.2 Å². The minimum atomic E-state index is -1.09. The Hall–Kier alpha value is -2.97. The van der Waals surface area contributed by atoms with Crippen LogP contribution in [0.15, 0.2) is 42.5 Å². The van der Waals surface area contributed by atoms with E-state index in [-0.39, 0.29) is 31.6 Å². The largest absolute Gasteiger partial charge is 0.466 e. The number of nitrogens with one attached hydrogen (secondary N) is 1. The summed E-state index contributed by atoms with van der Waals surface area (Å²) in [4.78, 5) is 40.9. The van der Waals surface area contributed by atoms with Gasteiger partial charge in [-0.15, -0.1) is 0 Å². The quantitative estimate of drug-likeness (QED) is 0.666. The molecule has 0 aliphatic carbocycles. The highest BCUT2D eigenvalue weighted by atomic mass is 16.6. The lowest BCUT2D eigenvalue weighted by atomic mass is 9.71. The zero-order valence-corrected chi connectivity index (χ0v) is 17.8. The zero-order chi connectivity index (χ0) is 22.5. The van der Waals surface area contributed by atoms with E-state index in [4.69, 9.17) is 9.47 Å². The van der Waals surface area contributed by atoms with E-state index in [1.165, 1.54) is 4.90 Å². The lowest BCUT2D eigenvalue weighted by molar-refractivity contribution is -0.154. The molecule has 8 heteroatoms. The van der Waals surface area contributed by atoms with Crippen molar-refractivity contribution in [3.63, 3.8) is 0 Å². The van der Waals surface area contributed by atoms with Crippen LogP contribution in [0.3, 0.4) is 0 Å². The zero-order valence-electron chi connectivity index (χ0n) is 17.8. The number of esters is 1. The number of aliphatic hydroxyl groups excluding tert-OH is 1. The predicted molar refractivity (Wildman–Crippen MR) is 116 cm³/mol. The van der Waals surface area contributed by atoms with Crippen LogP contribution in [-0.2, 0) is 23.9 Å². The van der Waals surface area contributed by atoms with Crippen LogP contribution >= 0.6 is 0 Å². The van der Waals surface area contributed by atoms with Gasteiger partial charge in [0.25, 0.3) is 0 Å². The van der Waals surface area contributed by atoms with Crippen molar-refractivity contribution in [1.82, 2.24) is 4.90 Å². The molecule has 3 aliphatic heterocycles. The molecule has 2 aromatic carbocycles. The lowest BCUT2D eigenvalue weighted by Crippen LogP contribution is -2.53. The third kappa shape index (κ3) is 3.01. The van der Waals surface area contributed by atoms with Crippen molar-refractivity contribution in [3.05, 3.63) is 42.5 Å². The number of anilines is 1. The van der Waals surface area contributed by atoms with E-state index in [9.17, 15) is 19.5 Å². The standard InChI is InChI=1S/C24H26N2O6/c1-2-31-23(30)18-17-9-10-24(32-17)19(18)22(29)26(11-12-27)20(24)21(28)25-16-8-7-14-5-3-4-6-15(14)13-16/h3-8,13,17-20,27H,2,9-12H2,1H3,(H,25,28)/t17-,18+,19+,20?,24?/m1/s1. The Kier molecular flexibility index (Phi) is 5.14. The Morgan fingerprint density at radius 1 is 1.25 bits per heavy atom. The van der Waals surface area contributed by atoms with E-state index in [0.717, 1.165) is 10.8 Å². The first kappa shape index (κ1) is 20.9. The molecule has 168 valence electrons. The van der Waals surface area contributed by atoms with Gasteiger partial charge in [0.05, 0.1) is 31.2 Å². The summed E-state index contributed by atoms with van der Waals surface area (Å²) in [5.74, 6) is -2.68. The van der Waals surface area contributed by atoms with Gasteiger partial charge in [-0.25, -0.2) is 0 Å². The highest BCUT2D eigenvalue weighted by Gasteiger charge is 2.74. The van der Waals surface area contributed by atoms with Crippen LogP contribution in [0.25, 0.3) is 10.8 Å². The third-order valence-corrected chi connectivity index (χ3v) is 6.97. The molecule has 2 amide bonds. The SMILES string of the molecule is CCOC(=O)[C@@H]1[C@H]2C(=O)N(CCO)C(C(=O)Nc3ccc4ccccc4c3)C23CC[C@H]1O3. The highest BCUT2D eigenvalue weighted by Crippen LogP contribution is 2.58. The third-order valence-electron chi connectivity index (χ3n) is 6.97. The van der Waals surface area contributed by atoms with Crippen LogP contribution in [0.5, 0.6) is 0 Å². The molecule has 0 aromatic heterocycles. The van der Waals surface area contributed by atoms with Crippen LogP contribution in [0.4, 0.5) is 5.69 Å². The molecular weight excluding hydrogens is 412 g/mol. The van der Waals surface area contributed by atoms with Crippen LogP contribution in [0.1, 0.15) is 19.8 Å². The second-order valence-electron chi connectivity index (χ2n) is 8.61. The van der Waals surface area contributed by atoms with Crippen LogP contribution in [-0.4, -0.2) is 65.3 Å². The second kappa shape index (κ2) is 7.86. The van der Waals surface area contributed by atoms with Gasteiger partial charge < -0.3 is 24.8 Å². The molecule has 2 aromatic rings. The predicted octanol–water partition coefficient (Wildman–Crippen LogP) is 1.71. The number of likely N-dealkylation sites (tertiary alicyclic amines) is 1. The van der Waals surface area contributed by atoms with Crippen molar-refractivity contribution in [2.24, 2.45) is 11.8 Å². The molecular formula is C24H26N2O6. The minimum absolute atomic E-state index is 0.00351. The van der Waals surface area contributed by atoms with Gasteiger partial charge in [0.15, 0.2) is 0 Å². The molecule has 0 radical (unpaired) electrons. The second-order valence-corrected chi connectivity index (χ2v) is 8.61. The maximum absolute atomic E-state index is 13.5. The number of carbonyl (C=O) groups is 3. The molecule has 2 bridgehead atoms. The summed E-state index contributed by atoms with van der Waals surface area (Å²) < 4.78 is 11.5. The maximum atomic E-state index is 13.5. The summed E-state index contributed by atoms with van der Waals surface area (Å²) in [6.45, 7) is 1.64. The molecule has 5 rings (SSSR count). The highest BCUT2D eigenvalue weighted by molar-refractivity contribution is 6.04. The summed E-state index contributed by atoms with van der Waals surface area (Å²) in [7, 11) is 0. The molecule has 2 N–H and O–H groups in total. The molecule has 3 fully saturated rings. The first-order valence-electron chi connectivity index (χ1n) is 11.1. The molecule has 32 heavy (non-hydrogen) atoms. The number of aliphatic hydroxyl groups is 1. The molecule has 0 saturated carbocycles. The summed E-state index contributed by atoms with van der Waals surface area (Å²) in [6.07, 6.45) is 0.650. The van der Waals surface area contributed by atoms with Gasteiger partial charge in [-0.05, 0) is 42.7 Å². The van der Waals surface area contributed by atoms with E-state index in [0.29, 0.717) is 18.5 Å². The van der Waals surface area contributed by atoms with E-state index in [1.807, 2.05) is 42.5 Å². The van der Waals surface area contributed by atoms with E-state index in [1.54, 1.807) is 6.92 Å². The molecule has 8 nitrogen and oxygen atoms in total. The van der Waals surface area contributed by atoms with Crippen LogP contribution in [0, 0.1) is 11.8 Å². The number of β-amino-alcohol motifs (C(OH)–C–C–N with tert-alkyl or cyclic N) is 1. The van der Waals surface area contributed by atoms with Gasteiger partial charge in [-0.3, -0.25) is 14.4 Å². The van der Waals surface area contributed by atoms with Crippen LogP contribution in [0.2, 0.25) is 0 Å². The first-order valence-corrected chi connectivity index (χ1v) is 11.1. The number of rotatable bonds is 6. The lowest BCUT2D eigenvalue weighted by Gasteiger charge is -2.33. The average molecular weight is 438 g/mol. The smallest absolute Gasteiger partial charge is 0.312 e. The normalized spacial score (nSPS) is 30.6. The number of carbonyl (C=O) groups excluding carboxylic acids is 3. The van der Waals surface area contributed by atoms with Gasteiger partial charge in [0.2, 0.25) is 11.8 Å². The van der Waals surface area contributed by atoms with Crippen molar-refractivity contribution in [3.8, 4) is 0 Å². The van der Waals surface area contributed by atoms with Gasteiger partial charge in [-0.2, -0.15) is 0 Å². The van der Waals surface area contributed by atoms with E-state index >= 15 is 0 Å². The summed E-state index contributed by atoms with van der Waals surface area (Å²) in [5.41, 5.74) is -0.477. The van der Waals surface area contributed by atoms with Crippen molar-refractivity contribution in [2.45, 2.75) is 37.5 Å². The van der Waals surface area contributed by atoms with Crippen molar-refractivity contribution < 1.29 is 29.0 Å². The number of fused-ring (bicyclic) bond motifs is 2. The Labute approximate surface area is 185 Å². The molecule has 1 spiro atoms. The molecule has 3 heterocycles. The fourth-order valence-corrected chi connectivity index (χ4v) is 5.79. The monoisotopic (exact) mass is 438 g/mol. The fourth-order valence-electron chi connectivity index (χ4n) is 5.79. The average Bonchev–Trinajstić information content (AvgIpc) is 3.42. The maximum Gasteiger partial charge on any atom is 0.312 e. The fraction of sp³-hybridized carbons (Fsp3) is 0.458. The molecule has 5 atom stereocenters. The van der Waals surface area contributed by atoms with E-state index < -0.39 is 35.6 Å². The summed E-state index contributed by atoms with van der Waals surface area (Å²) >= 11 is 0. The summed E-state index contributed by atoms with van der Waals surface area (Å²) in [5, 5.41) is 14.6. The molecule has 3 aliphatic rings. The Bertz CT molecular complexity index is 1090. The number of benzene rings is 2. The Morgan fingerprint density at radius 3 is 2.78 bits per heavy atom. The topological polar surface area (TPSA) is 105 Å². The van der Waals surface area contributed by atoms with Crippen LogP contribution < -0.4 is 5.32 Å². The minimum Gasteiger partial charge on any atom is -0.466 e.